The third-order valence-corrected chi connectivity index (χ3v) is 2.80. The molecule has 0 saturated heterocycles. The molecule has 2 nitrogen and oxygen atoms in total. The third kappa shape index (κ3) is 6.68. The number of carbonyl (C=O) groups is 1. The fourth-order valence-corrected chi connectivity index (χ4v) is 1.64. The maximum atomic E-state index is 11.7. The SMILES string of the molecule is O=C(CCOCC(F)F)Cc1ccc(I)cc1. The molecule has 0 radical (unpaired) electrons. The van der Waals surface area contributed by atoms with Gasteiger partial charge in [0.25, 0.3) is 6.43 Å². The zero-order valence-corrected chi connectivity index (χ0v) is 11.3. The summed E-state index contributed by atoms with van der Waals surface area (Å²) < 4.78 is 29.2. The monoisotopic (exact) mass is 354 g/mol. The molecule has 1 aromatic carbocycles. The van der Waals surface area contributed by atoms with Crippen molar-refractivity contribution in [3.63, 3.8) is 0 Å². The fraction of sp³-hybridized carbons (Fsp3) is 0.417. The lowest BCUT2D eigenvalue weighted by Crippen LogP contribution is -2.10. The van der Waals surface area contributed by atoms with Crippen LogP contribution >= 0.6 is 22.6 Å². The van der Waals surface area contributed by atoms with Gasteiger partial charge in [0.1, 0.15) is 12.4 Å². The van der Waals surface area contributed by atoms with Crippen LogP contribution in [0.25, 0.3) is 0 Å². The fourth-order valence-electron chi connectivity index (χ4n) is 1.28. The first-order valence-electron chi connectivity index (χ1n) is 5.20. The lowest BCUT2D eigenvalue weighted by atomic mass is 10.1. The van der Waals surface area contributed by atoms with E-state index in [1.165, 1.54) is 0 Å². The van der Waals surface area contributed by atoms with E-state index >= 15 is 0 Å². The molecule has 0 aliphatic heterocycles. The van der Waals surface area contributed by atoms with E-state index in [2.05, 4.69) is 27.3 Å². The number of halogens is 3. The van der Waals surface area contributed by atoms with E-state index in [0.717, 1.165) is 9.13 Å². The molecule has 0 N–H and O–H groups in total. The number of alkyl halides is 2. The minimum absolute atomic E-state index is 0.000439. The van der Waals surface area contributed by atoms with Gasteiger partial charge in [-0.1, -0.05) is 12.1 Å². The van der Waals surface area contributed by atoms with Gasteiger partial charge in [0, 0.05) is 16.4 Å². The number of rotatable bonds is 7. The predicted molar refractivity (Wildman–Crippen MR) is 69.3 cm³/mol. The van der Waals surface area contributed by atoms with Gasteiger partial charge in [-0.15, -0.1) is 0 Å². The maximum absolute atomic E-state index is 11.7. The van der Waals surface area contributed by atoms with Crippen molar-refractivity contribution in [2.45, 2.75) is 19.3 Å². The Hall–Kier alpha value is -0.560. The molecule has 0 unspecified atom stereocenters. The molecule has 0 aromatic heterocycles. The summed E-state index contributed by atoms with van der Waals surface area (Å²) in [5, 5.41) is 0. The van der Waals surface area contributed by atoms with Crippen LogP contribution in [0.2, 0.25) is 0 Å². The highest BCUT2D eigenvalue weighted by molar-refractivity contribution is 14.1. The molecule has 0 bridgehead atoms. The van der Waals surface area contributed by atoms with Gasteiger partial charge in [-0.3, -0.25) is 4.79 Å². The summed E-state index contributed by atoms with van der Waals surface area (Å²) in [6.07, 6.45) is -1.96. The minimum Gasteiger partial charge on any atom is -0.375 e. The molecule has 0 heterocycles. The van der Waals surface area contributed by atoms with Crippen LogP contribution in [0.15, 0.2) is 24.3 Å². The zero-order chi connectivity index (χ0) is 12.7. The Morgan fingerprint density at radius 1 is 1.29 bits per heavy atom. The topological polar surface area (TPSA) is 26.3 Å². The molecular weight excluding hydrogens is 341 g/mol. The van der Waals surface area contributed by atoms with Crippen molar-refractivity contribution in [1.29, 1.82) is 0 Å². The van der Waals surface area contributed by atoms with E-state index in [1.807, 2.05) is 24.3 Å². The number of ketones is 1. The Balaban J connectivity index is 2.23. The predicted octanol–water partition coefficient (Wildman–Crippen LogP) is 3.07. The number of Topliss-reactive ketones (excluding diaryl/α,β-unsaturated/α-hetero) is 1. The van der Waals surface area contributed by atoms with Crippen LogP contribution in [0.5, 0.6) is 0 Å². The molecule has 5 heteroatoms. The molecule has 1 rings (SSSR count). The quantitative estimate of drug-likeness (QED) is 0.556. The summed E-state index contributed by atoms with van der Waals surface area (Å²) in [6.45, 7) is -0.537. The summed E-state index contributed by atoms with van der Waals surface area (Å²) in [5.74, 6) is 0.000439. The molecule has 1 aromatic rings. The van der Waals surface area contributed by atoms with Gasteiger partial charge in [-0.2, -0.15) is 0 Å². The summed E-state index contributed by atoms with van der Waals surface area (Å²) in [7, 11) is 0. The molecule has 0 aliphatic rings. The number of hydrogen-bond acceptors (Lipinski definition) is 2. The molecule has 0 atom stereocenters. The first-order valence-corrected chi connectivity index (χ1v) is 6.28. The molecule has 0 aliphatic carbocycles. The van der Waals surface area contributed by atoms with Gasteiger partial charge in [0.2, 0.25) is 0 Å². The summed E-state index contributed by atoms with van der Waals surface area (Å²) >= 11 is 2.19. The molecule has 0 saturated carbocycles. The van der Waals surface area contributed by atoms with Crippen LogP contribution in [0, 0.1) is 3.57 Å². The van der Waals surface area contributed by atoms with Gasteiger partial charge in [0.05, 0.1) is 6.61 Å². The zero-order valence-electron chi connectivity index (χ0n) is 9.17. The Bertz CT molecular complexity index is 352. The van der Waals surface area contributed by atoms with Crippen LogP contribution in [-0.4, -0.2) is 25.4 Å². The normalized spacial score (nSPS) is 10.8. The molecule has 94 valence electrons. The molecular formula is C12H13F2IO2. The second-order valence-corrected chi connectivity index (χ2v) is 4.80. The molecule has 0 fully saturated rings. The highest BCUT2D eigenvalue weighted by Crippen LogP contribution is 2.08. The second kappa shape index (κ2) is 7.71. The van der Waals surface area contributed by atoms with Crippen molar-refractivity contribution >= 4 is 28.4 Å². The van der Waals surface area contributed by atoms with Crippen molar-refractivity contribution in [2.75, 3.05) is 13.2 Å². The smallest absolute Gasteiger partial charge is 0.261 e. The van der Waals surface area contributed by atoms with E-state index in [4.69, 9.17) is 0 Å². The van der Waals surface area contributed by atoms with Crippen LogP contribution in [0.4, 0.5) is 8.78 Å². The van der Waals surface area contributed by atoms with E-state index in [1.54, 1.807) is 0 Å². The Morgan fingerprint density at radius 2 is 1.94 bits per heavy atom. The van der Waals surface area contributed by atoms with Crippen LogP contribution < -0.4 is 0 Å². The van der Waals surface area contributed by atoms with Crippen molar-refractivity contribution in [2.24, 2.45) is 0 Å². The average Bonchev–Trinajstić information content (AvgIpc) is 2.27. The second-order valence-electron chi connectivity index (χ2n) is 3.56. The van der Waals surface area contributed by atoms with E-state index in [9.17, 15) is 13.6 Å². The van der Waals surface area contributed by atoms with Gasteiger partial charge < -0.3 is 4.74 Å². The van der Waals surface area contributed by atoms with Crippen LogP contribution in [0.3, 0.4) is 0 Å². The Kier molecular flexibility index (Phi) is 6.57. The largest absolute Gasteiger partial charge is 0.375 e. The van der Waals surface area contributed by atoms with Gasteiger partial charge in [-0.05, 0) is 40.3 Å². The van der Waals surface area contributed by atoms with Gasteiger partial charge >= 0.3 is 0 Å². The maximum Gasteiger partial charge on any atom is 0.261 e. The van der Waals surface area contributed by atoms with Crippen LogP contribution in [-0.2, 0) is 16.0 Å². The summed E-state index contributed by atoms with van der Waals surface area (Å²) in [4.78, 5) is 11.5. The lowest BCUT2D eigenvalue weighted by Gasteiger charge is -2.03. The van der Waals surface area contributed by atoms with Crippen LogP contribution in [0.1, 0.15) is 12.0 Å². The standard InChI is InChI=1S/C12H13F2IO2/c13-12(14)8-17-6-5-11(16)7-9-1-3-10(15)4-2-9/h1-4,12H,5-8H2. The Labute approximate surface area is 112 Å². The number of benzene rings is 1. The van der Waals surface area contributed by atoms with Crippen molar-refractivity contribution < 1.29 is 18.3 Å². The third-order valence-electron chi connectivity index (χ3n) is 2.08. The number of hydrogen-bond donors (Lipinski definition) is 0. The van der Waals surface area contributed by atoms with Gasteiger partial charge in [-0.25, -0.2) is 8.78 Å². The number of ether oxygens (including phenoxy) is 1. The first-order chi connectivity index (χ1) is 8.08. The number of carbonyl (C=O) groups excluding carboxylic acids is 1. The van der Waals surface area contributed by atoms with E-state index < -0.39 is 13.0 Å². The molecule has 0 spiro atoms. The Morgan fingerprint density at radius 3 is 2.53 bits per heavy atom. The molecule has 0 amide bonds. The minimum atomic E-state index is -2.47. The highest BCUT2D eigenvalue weighted by Gasteiger charge is 2.06. The highest BCUT2D eigenvalue weighted by atomic mass is 127. The van der Waals surface area contributed by atoms with Crippen molar-refractivity contribution in [1.82, 2.24) is 0 Å². The van der Waals surface area contributed by atoms with E-state index in [-0.39, 0.29) is 18.8 Å². The summed E-state index contributed by atoms with van der Waals surface area (Å²) in [5.41, 5.74) is 0.935. The van der Waals surface area contributed by atoms with E-state index in [0.29, 0.717) is 6.42 Å². The first kappa shape index (κ1) is 14.5. The van der Waals surface area contributed by atoms with Crippen molar-refractivity contribution in [3.8, 4) is 0 Å². The average molecular weight is 354 g/mol. The lowest BCUT2D eigenvalue weighted by molar-refractivity contribution is -0.119. The van der Waals surface area contributed by atoms with Crippen molar-refractivity contribution in [3.05, 3.63) is 33.4 Å². The molecule has 17 heavy (non-hydrogen) atoms. The summed E-state index contributed by atoms with van der Waals surface area (Å²) in [6, 6.07) is 7.63. The van der Waals surface area contributed by atoms with Gasteiger partial charge in [0.15, 0.2) is 0 Å².